The molecule has 0 aliphatic carbocycles. The van der Waals surface area contributed by atoms with E-state index >= 15 is 0 Å². The van der Waals surface area contributed by atoms with E-state index in [2.05, 4.69) is 13.0 Å². The first-order valence-electron chi connectivity index (χ1n) is 8.42. The van der Waals surface area contributed by atoms with Crippen LogP contribution in [0.4, 0.5) is 0 Å². The van der Waals surface area contributed by atoms with Crippen LogP contribution >= 0.6 is 0 Å². The molecule has 2 heterocycles. The fourth-order valence-corrected chi connectivity index (χ4v) is 2.85. The SMILES string of the molecule is Cc1ccc(/C=C2/Oc3cc(OCc4ccccc4C)ccc3C2=O)o1. The van der Waals surface area contributed by atoms with Crippen LogP contribution in [0.25, 0.3) is 6.08 Å². The normalized spacial score (nSPS) is 14.4. The molecule has 26 heavy (non-hydrogen) atoms. The van der Waals surface area contributed by atoms with Gasteiger partial charge in [0, 0.05) is 12.1 Å². The molecular weight excluding hydrogens is 328 g/mol. The number of ether oxygens (including phenoxy) is 2. The van der Waals surface area contributed by atoms with Crippen LogP contribution in [0.2, 0.25) is 0 Å². The summed E-state index contributed by atoms with van der Waals surface area (Å²) in [5, 5.41) is 0. The third-order valence-corrected chi connectivity index (χ3v) is 4.33. The zero-order valence-electron chi connectivity index (χ0n) is 14.6. The maximum atomic E-state index is 12.5. The number of benzene rings is 2. The zero-order chi connectivity index (χ0) is 18.1. The molecule has 0 unspecified atom stereocenters. The van der Waals surface area contributed by atoms with Gasteiger partial charge in [0.05, 0.1) is 5.56 Å². The minimum Gasteiger partial charge on any atom is -0.489 e. The largest absolute Gasteiger partial charge is 0.489 e. The molecule has 4 rings (SSSR count). The average molecular weight is 346 g/mol. The summed E-state index contributed by atoms with van der Waals surface area (Å²) in [7, 11) is 0. The third kappa shape index (κ3) is 3.14. The van der Waals surface area contributed by atoms with E-state index in [1.807, 2.05) is 31.2 Å². The van der Waals surface area contributed by atoms with E-state index < -0.39 is 0 Å². The van der Waals surface area contributed by atoms with Crippen LogP contribution in [0, 0.1) is 13.8 Å². The number of hydrogen-bond donors (Lipinski definition) is 0. The van der Waals surface area contributed by atoms with Crippen molar-refractivity contribution in [2.45, 2.75) is 20.5 Å². The van der Waals surface area contributed by atoms with Gasteiger partial charge >= 0.3 is 0 Å². The highest BCUT2D eigenvalue weighted by molar-refractivity contribution is 6.14. The summed E-state index contributed by atoms with van der Waals surface area (Å²) in [5.41, 5.74) is 2.83. The van der Waals surface area contributed by atoms with Gasteiger partial charge in [-0.25, -0.2) is 0 Å². The van der Waals surface area contributed by atoms with Crippen LogP contribution in [-0.2, 0) is 6.61 Å². The maximum Gasteiger partial charge on any atom is 0.232 e. The van der Waals surface area contributed by atoms with Gasteiger partial charge in [-0.2, -0.15) is 0 Å². The monoisotopic (exact) mass is 346 g/mol. The number of Topliss-reactive ketones (excluding diaryl/α,β-unsaturated/α-hetero) is 1. The molecule has 0 N–H and O–H groups in total. The Bertz CT molecular complexity index is 1010. The summed E-state index contributed by atoms with van der Waals surface area (Å²) < 4.78 is 17.1. The molecule has 0 bridgehead atoms. The van der Waals surface area contributed by atoms with E-state index in [4.69, 9.17) is 13.9 Å². The van der Waals surface area contributed by atoms with Crippen molar-refractivity contribution in [3.8, 4) is 11.5 Å². The summed E-state index contributed by atoms with van der Waals surface area (Å²) in [5.74, 6) is 2.65. The first kappa shape index (κ1) is 16.2. The van der Waals surface area contributed by atoms with Crippen LogP contribution in [0.5, 0.6) is 11.5 Å². The number of aryl methyl sites for hydroxylation is 2. The molecule has 1 aliphatic heterocycles. The Kier molecular flexibility index (Phi) is 4.09. The molecular formula is C22H18O4. The summed E-state index contributed by atoms with van der Waals surface area (Å²) >= 11 is 0. The number of allylic oxidation sites excluding steroid dienone is 1. The Morgan fingerprint density at radius 2 is 1.88 bits per heavy atom. The highest BCUT2D eigenvalue weighted by atomic mass is 16.5. The van der Waals surface area contributed by atoms with E-state index in [1.54, 1.807) is 30.3 Å². The van der Waals surface area contributed by atoms with Crippen molar-refractivity contribution in [1.29, 1.82) is 0 Å². The molecule has 130 valence electrons. The van der Waals surface area contributed by atoms with Crippen molar-refractivity contribution >= 4 is 11.9 Å². The predicted octanol–water partition coefficient (Wildman–Crippen LogP) is 5.09. The lowest BCUT2D eigenvalue weighted by Crippen LogP contribution is -1.98. The second kappa shape index (κ2) is 6.56. The van der Waals surface area contributed by atoms with Crippen molar-refractivity contribution in [2.24, 2.45) is 0 Å². The molecule has 0 saturated heterocycles. The Morgan fingerprint density at radius 3 is 2.65 bits per heavy atom. The minimum absolute atomic E-state index is 0.153. The fraction of sp³-hybridized carbons (Fsp3) is 0.136. The molecule has 4 nitrogen and oxygen atoms in total. The Morgan fingerprint density at radius 1 is 1.04 bits per heavy atom. The molecule has 4 heteroatoms. The lowest BCUT2D eigenvalue weighted by molar-refractivity contribution is 0.101. The topological polar surface area (TPSA) is 48.7 Å². The molecule has 3 aromatic rings. The van der Waals surface area contributed by atoms with Crippen LogP contribution in [0.3, 0.4) is 0 Å². The molecule has 1 aliphatic rings. The summed E-state index contributed by atoms with van der Waals surface area (Å²) in [4.78, 5) is 12.5. The summed E-state index contributed by atoms with van der Waals surface area (Å²) in [6, 6.07) is 17.0. The van der Waals surface area contributed by atoms with E-state index in [-0.39, 0.29) is 11.5 Å². The molecule has 0 atom stereocenters. The van der Waals surface area contributed by atoms with Gasteiger partial charge in [0.2, 0.25) is 5.78 Å². The molecule has 0 amide bonds. The quantitative estimate of drug-likeness (QED) is 0.617. The number of carbonyl (C=O) groups is 1. The second-order valence-corrected chi connectivity index (χ2v) is 6.26. The minimum atomic E-state index is -0.153. The average Bonchev–Trinajstić information content (AvgIpc) is 3.18. The van der Waals surface area contributed by atoms with Crippen molar-refractivity contribution < 1.29 is 18.7 Å². The second-order valence-electron chi connectivity index (χ2n) is 6.26. The number of fused-ring (bicyclic) bond motifs is 1. The lowest BCUT2D eigenvalue weighted by Gasteiger charge is -2.09. The number of ketones is 1. The Labute approximate surface area is 151 Å². The summed E-state index contributed by atoms with van der Waals surface area (Å²) in [6.07, 6.45) is 1.61. The molecule has 0 spiro atoms. The van der Waals surface area contributed by atoms with Gasteiger partial charge in [-0.1, -0.05) is 24.3 Å². The predicted molar refractivity (Wildman–Crippen MR) is 98.3 cm³/mol. The van der Waals surface area contributed by atoms with Gasteiger partial charge in [0.15, 0.2) is 5.76 Å². The Hall–Kier alpha value is -3.27. The van der Waals surface area contributed by atoms with Crippen molar-refractivity contribution in [3.63, 3.8) is 0 Å². The first-order chi connectivity index (χ1) is 12.6. The fourth-order valence-electron chi connectivity index (χ4n) is 2.85. The zero-order valence-corrected chi connectivity index (χ0v) is 14.6. The molecule has 0 saturated carbocycles. The Balaban J connectivity index is 1.52. The van der Waals surface area contributed by atoms with Gasteiger partial charge in [-0.05, 0) is 49.2 Å². The van der Waals surface area contributed by atoms with E-state index in [1.165, 1.54) is 5.56 Å². The number of carbonyl (C=O) groups excluding carboxylic acids is 1. The van der Waals surface area contributed by atoms with Crippen molar-refractivity contribution in [3.05, 3.63) is 88.6 Å². The van der Waals surface area contributed by atoms with E-state index in [0.717, 1.165) is 11.3 Å². The van der Waals surface area contributed by atoms with Crippen molar-refractivity contribution in [1.82, 2.24) is 0 Å². The van der Waals surface area contributed by atoms with E-state index in [9.17, 15) is 4.79 Å². The first-order valence-corrected chi connectivity index (χ1v) is 8.42. The number of hydrogen-bond acceptors (Lipinski definition) is 4. The lowest BCUT2D eigenvalue weighted by atomic mass is 10.1. The highest BCUT2D eigenvalue weighted by Crippen LogP contribution is 2.35. The van der Waals surface area contributed by atoms with Gasteiger partial charge in [0.1, 0.15) is 29.6 Å². The maximum absolute atomic E-state index is 12.5. The smallest absolute Gasteiger partial charge is 0.232 e. The van der Waals surface area contributed by atoms with Gasteiger partial charge in [-0.15, -0.1) is 0 Å². The highest BCUT2D eigenvalue weighted by Gasteiger charge is 2.28. The van der Waals surface area contributed by atoms with Gasteiger partial charge in [0.25, 0.3) is 0 Å². The van der Waals surface area contributed by atoms with Crippen molar-refractivity contribution in [2.75, 3.05) is 0 Å². The molecule has 0 fully saturated rings. The van der Waals surface area contributed by atoms with Gasteiger partial charge < -0.3 is 13.9 Å². The standard InChI is InChI=1S/C22H18O4/c1-14-5-3-4-6-16(14)13-24-17-9-10-19-20(11-17)26-21(22(19)23)12-18-8-7-15(2)25-18/h3-12H,13H2,1-2H3/b21-12+. The van der Waals surface area contributed by atoms with Gasteiger partial charge in [-0.3, -0.25) is 4.79 Å². The van der Waals surface area contributed by atoms with Crippen LogP contribution in [0.15, 0.2) is 64.8 Å². The summed E-state index contributed by atoms with van der Waals surface area (Å²) in [6.45, 7) is 4.37. The van der Waals surface area contributed by atoms with E-state index in [0.29, 0.717) is 29.4 Å². The van der Waals surface area contributed by atoms with Crippen LogP contribution in [0.1, 0.15) is 33.0 Å². The molecule has 0 radical (unpaired) electrons. The molecule has 1 aromatic heterocycles. The molecule has 2 aromatic carbocycles. The third-order valence-electron chi connectivity index (χ3n) is 4.33. The van der Waals surface area contributed by atoms with Crippen LogP contribution < -0.4 is 9.47 Å². The number of rotatable bonds is 4. The number of furan rings is 1. The van der Waals surface area contributed by atoms with Crippen LogP contribution in [-0.4, -0.2) is 5.78 Å².